The van der Waals surface area contributed by atoms with Gasteiger partial charge in [0.1, 0.15) is 5.82 Å². The smallest absolute Gasteiger partial charge is 0.254 e. The van der Waals surface area contributed by atoms with Crippen molar-refractivity contribution in [3.63, 3.8) is 0 Å². The maximum absolute atomic E-state index is 13.8. The topological polar surface area (TPSA) is 23.6 Å². The summed E-state index contributed by atoms with van der Waals surface area (Å²) in [6.45, 7) is 2.58. The number of carbonyl (C=O) groups is 1. The lowest BCUT2D eigenvalue weighted by Gasteiger charge is -2.37. The van der Waals surface area contributed by atoms with Gasteiger partial charge in [-0.25, -0.2) is 4.39 Å². The first-order valence-corrected chi connectivity index (χ1v) is 12.4. The number of hydrogen-bond donors (Lipinski definition) is 0. The van der Waals surface area contributed by atoms with Gasteiger partial charge in [0.2, 0.25) is 0 Å². The number of anilines is 1. The molecule has 1 heterocycles. The van der Waals surface area contributed by atoms with Crippen molar-refractivity contribution in [2.45, 2.75) is 0 Å². The molecule has 1 amide bonds. The standard InChI is InChI=1S/C31H26ClFN2O/c32-29-8-4-5-9-30(29)34-18-20-35(21-19-34)31(36)28(22-23-10-16-27(33)17-11-23)26-14-12-25(13-15-26)24-6-2-1-3-7-24/h1-17,22H,18-21H2/b28-22-. The van der Waals surface area contributed by atoms with Crippen LogP contribution in [0.4, 0.5) is 10.1 Å². The molecule has 0 spiro atoms. The summed E-state index contributed by atoms with van der Waals surface area (Å²) in [4.78, 5) is 17.9. The first kappa shape index (κ1) is 23.8. The lowest BCUT2D eigenvalue weighted by Crippen LogP contribution is -2.49. The van der Waals surface area contributed by atoms with Gasteiger partial charge in [0.05, 0.1) is 10.7 Å². The fraction of sp³-hybridized carbons (Fsp3) is 0.129. The number of carbonyl (C=O) groups excluding carboxylic acids is 1. The van der Waals surface area contributed by atoms with Crippen molar-refractivity contribution in [2.24, 2.45) is 0 Å². The molecular weight excluding hydrogens is 471 g/mol. The summed E-state index contributed by atoms with van der Waals surface area (Å²) in [6, 6.07) is 32.2. The van der Waals surface area contributed by atoms with Crippen molar-refractivity contribution >= 4 is 34.8 Å². The first-order chi connectivity index (χ1) is 17.6. The summed E-state index contributed by atoms with van der Waals surface area (Å²) >= 11 is 6.39. The average Bonchev–Trinajstić information content (AvgIpc) is 2.93. The molecule has 3 nitrogen and oxygen atoms in total. The van der Waals surface area contributed by atoms with Crippen LogP contribution in [0.1, 0.15) is 11.1 Å². The van der Waals surface area contributed by atoms with E-state index in [-0.39, 0.29) is 11.7 Å². The van der Waals surface area contributed by atoms with Crippen molar-refractivity contribution in [3.05, 3.63) is 125 Å². The molecule has 4 aromatic carbocycles. The molecule has 1 aliphatic rings. The third-order valence-electron chi connectivity index (χ3n) is 6.47. The minimum atomic E-state index is -0.303. The maximum Gasteiger partial charge on any atom is 0.254 e. The van der Waals surface area contributed by atoms with Gasteiger partial charge in [0, 0.05) is 31.8 Å². The van der Waals surface area contributed by atoms with Gasteiger partial charge in [-0.05, 0) is 52.6 Å². The highest BCUT2D eigenvalue weighted by Gasteiger charge is 2.25. The van der Waals surface area contributed by atoms with Crippen LogP contribution in [0.25, 0.3) is 22.8 Å². The predicted molar refractivity (Wildman–Crippen MR) is 146 cm³/mol. The van der Waals surface area contributed by atoms with E-state index in [2.05, 4.69) is 17.0 Å². The molecule has 0 unspecified atom stereocenters. The second kappa shape index (κ2) is 10.8. The number of amides is 1. The quantitative estimate of drug-likeness (QED) is 0.218. The number of para-hydroxylation sites is 1. The molecule has 5 rings (SSSR count). The van der Waals surface area contributed by atoms with Crippen molar-refractivity contribution < 1.29 is 9.18 Å². The molecule has 0 saturated carbocycles. The van der Waals surface area contributed by atoms with Gasteiger partial charge in [-0.3, -0.25) is 4.79 Å². The lowest BCUT2D eigenvalue weighted by molar-refractivity contribution is -0.125. The van der Waals surface area contributed by atoms with Crippen LogP contribution in [0.5, 0.6) is 0 Å². The van der Waals surface area contributed by atoms with Gasteiger partial charge in [-0.1, -0.05) is 90.5 Å². The summed E-state index contributed by atoms with van der Waals surface area (Å²) in [5.41, 5.74) is 5.40. The molecule has 180 valence electrons. The van der Waals surface area contributed by atoms with E-state index in [1.165, 1.54) is 12.1 Å². The number of halogens is 2. The van der Waals surface area contributed by atoms with Crippen molar-refractivity contribution in [3.8, 4) is 11.1 Å². The fourth-order valence-electron chi connectivity index (χ4n) is 4.50. The SMILES string of the molecule is O=C(/C(=C\c1ccc(F)cc1)c1ccc(-c2ccccc2)cc1)N1CCN(c2ccccc2Cl)CC1. The average molecular weight is 497 g/mol. The molecule has 0 N–H and O–H groups in total. The second-order valence-corrected chi connectivity index (χ2v) is 9.19. The number of rotatable bonds is 5. The van der Waals surface area contributed by atoms with Crippen LogP contribution >= 0.6 is 11.6 Å². The Morgan fingerprint density at radius 1 is 0.722 bits per heavy atom. The van der Waals surface area contributed by atoms with E-state index in [0.717, 1.165) is 27.9 Å². The molecule has 36 heavy (non-hydrogen) atoms. The summed E-state index contributed by atoms with van der Waals surface area (Å²) in [6.07, 6.45) is 1.85. The van der Waals surface area contributed by atoms with Crippen LogP contribution in [-0.4, -0.2) is 37.0 Å². The maximum atomic E-state index is 13.8. The van der Waals surface area contributed by atoms with Gasteiger partial charge < -0.3 is 9.80 Å². The molecule has 4 aromatic rings. The van der Waals surface area contributed by atoms with E-state index in [1.54, 1.807) is 12.1 Å². The van der Waals surface area contributed by atoms with Crippen molar-refractivity contribution in [1.82, 2.24) is 4.90 Å². The van der Waals surface area contributed by atoms with Crippen LogP contribution in [0, 0.1) is 5.82 Å². The highest BCUT2D eigenvalue weighted by Crippen LogP contribution is 2.28. The van der Waals surface area contributed by atoms with Gasteiger partial charge in [0.25, 0.3) is 5.91 Å². The van der Waals surface area contributed by atoms with E-state index in [0.29, 0.717) is 36.8 Å². The van der Waals surface area contributed by atoms with E-state index >= 15 is 0 Å². The predicted octanol–water partition coefficient (Wildman–Crippen LogP) is 7.04. The third-order valence-corrected chi connectivity index (χ3v) is 6.79. The van der Waals surface area contributed by atoms with Gasteiger partial charge in [0.15, 0.2) is 0 Å². The Morgan fingerprint density at radius 3 is 2.00 bits per heavy atom. The Bertz CT molecular complexity index is 1360. The summed E-state index contributed by atoms with van der Waals surface area (Å²) in [5, 5.41) is 0.715. The molecule has 0 atom stereocenters. The summed E-state index contributed by atoms with van der Waals surface area (Å²) in [5.74, 6) is -0.339. The summed E-state index contributed by atoms with van der Waals surface area (Å²) in [7, 11) is 0. The Balaban J connectivity index is 1.41. The second-order valence-electron chi connectivity index (χ2n) is 8.78. The molecule has 0 aliphatic carbocycles. The van der Waals surface area contributed by atoms with Crippen molar-refractivity contribution in [2.75, 3.05) is 31.1 Å². The van der Waals surface area contributed by atoms with E-state index in [9.17, 15) is 9.18 Å². The molecule has 1 saturated heterocycles. The molecule has 0 radical (unpaired) electrons. The Kier molecular flexibility index (Phi) is 7.15. The molecule has 0 aromatic heterocycles. The van der Waals surface area contributed by atoms with Crippen LogP contribution in [0.2, 0.25) is 5.02 Å². The van der Waals surface area contributed by atoms with Gasteiger partial charge in [-0.15, -0.1) is 0 Å². The monoisotopic (exact) mass is 496 g/mol. The largest absolute Gasteiger partial charge is 0.367 e. The van der Waals surface area contributed by atoms with Crippen molar-refractivity contribution in [1.29, 1.82) is 0 Å². The van der Waals surface area contributed by atoms with Crippen LogP contribution in [0.15, 0.2) is 103 Å². The molecule has 5 heteroatoms. The Labute approximate surface area is 216 Å². The molecular formula is C31H26ClFN2O. The number of hydrogen-bond acceptors (Lipinski definition) is 2. The highest BCUT2D eigenvalue weighted by molar-refractivity contribution is 6.33. The third kappa shape index (κ3) is 5.34. The number of benzene rings is 4. The highest BCUT2D eigenvalue weighted by atomic mass is 35.5. The zero-order valence-corrected chi connectivity index (χ0v) is 20.5. The van der Waals surface area contributed by atoms with Gasteiger partial charge in [-0.2, -0.15) is 0 Å². The lowest BCUT2D eigenvalue weighted by atomic mass is 9.97. The van der Waals surface area contributed by atoms with Crippen LogP contribution < -0.4 is 4.90 Å². The van der Waals surface area contributed by atoms with E-state index in [4.69, 9.17) is 11.6 Å². The molecule has 1 fully saturated rings. The number of piperazine rings is 1. The first-order valence-electron chi connectivity index (χ1n) is 12.0. The van der Waals surface area contributed by atoms with E-state index in [1.807, 2.05) is 77.7 Å². The van der Waals surface area contributed by atoms with E-state index < -0.39 is 0 Å². The Hall–Kier alpha value is -3.89. The summed E-state index contributed by atoms with van der Waals surface area (Å²) < 4.78 is 13.5. The van der Waals surface area contributed by atoms with Gasteiger partial charge >= 0.3 is 0 Å². The minimum Gasteiger partial charge on any atom is -0.367 e. The number of nitrogens with zero attached hydrogens (tertiary/aromatic N) is 2. The van der Waals surface area contributed by atoms with Crippen LogP contribution in [-0.2, 0) is 4.79 Å². The molecule has 0 bridgehead atoms. The zero-order valence-electron chi connectivity index (χ0n) is 19.8. The Morgan fingerprint density at radius 2 is 1.33 bits per heavy atom. The zero-order chi connectivity index (χ0) is 24.9. The molecule has 1 aliphatic heterocycles. The minimum absolute atomic E-state index is 0.0365. The normalized spacial score (nSPS) is 14.1. The fourth-order valence-corrected chi connectivity index (χ4v) is 4.75. The van der Waals surface area contributed by atoms with Crippen LogP contribution in [0.3, 0.4) is 0 Å².